The van der Waals surface area contributed by atoms with Crippen molar-refractivity contribution in [2.75, 3.05) is 19.0 Å². The first kappa shape index (κ1) is 17.3. The van der Waals surface area contributed by atoms with Crippen molar-refractivity contribution in [3.8, 4) is 5.75 Å². The highest BCUT2D eigenvalue weighted by Crippen LogP contribution is 2.27. The normalized spacial score (nSPS) is 10.0. The van der Waals surface area contributed by atoms with E-state index in [-0.39, 0.29) is 0 Å². The van der Waals surface area contributed by atoms with Crippen molar-refractivity contribution >= 4 is 45.1 Å². The molecular formula is C16H13BrClNO4. The summed E-state index contributed by atoms with van der Waals surface area (Å²) in [6.45, 7) is -0.394. The lowest BCUT2D eigenvalue weighted by atomic mass is 10.2. The number of esters is 1. The van der Waals surface area contributed by atoms with Gasteiger partial charge in [0.15, 0.2) is 6.61 Å². The fourth-order valence-electron chi connectivity index (χ4n) is 1.77. The van der Waals surface area contributed by atoms with Crippen molar-refractivity contribution in [2.24, 2.45) is 0 Å². The highest BCUT2D eigenvalue weighted by Gasteiger charge is 2.11. The molecule has 0 radical (unpaired) electrons. The molecule has 0 unspecified atom stereocenters. The van der Waals surface area contributed by atoms with Crippen molar-refractivity contribution in [1.82, 2.24) is 0 Å². The number of anilines is 1. The Labute approximate surface area is 146 Å². The Hall–Kier alpha value is -2.05. The zero-order valence-corrected chi connectivity index (χ0v) is 14.5. The molecule has 1 amide bonds. The van der Waals surface area contributed by atoms with E-state index in [1.165, 1.54) is 7.11 Å². The Morgan fingerprint density at radius 3 is 2.65 bits per heavy atom. The predicted molar refractivity (Wildman–Crippen MR) is 91.1 cm³/mol. The second-order valence-corrected chi connectivity index (χ2v) is 5.81. The van der Waals surface area contributed by atoms with Crippen LogP contribution >= 0.6 is 27.5 Å². The maximum absolute atomic E-state index is 11.8. The summed E-state index contributed by atoms with van der Waals surface area (Å²) in [4.78, 5) is 23.6. The van der Waals surface area contributed by atoms with Crippen molar-refractivity contribution in [2.45, 2.75) is 0 Å². The minimum absolute atomic E-state index is 0.361. The second-order valence-electron chi connectivity index (χ2n) is 4.48. The minimum atomic E-state index is -0.575. The molecule has 0 aliphatic carbocycles. The molecule has 0 aliphatic rings. The molecule has 0 bridgehead atoms. The summed E-state index contributed by atoms with van der Waals surface area (Å²) in [5.74, 6) is -0.533. The lowest BCUT2D eigenvalue weighted by molar-refractivity contribution is -0.119. The van der Waals surface area contributed by atoms with Crippen LogP contribution in [0, 0.1) is 0 Å². The fourth-order valence-corrected chi connectivity index (χ4v) is 2.43. The van der Waals surface area contributed by atoms with Crippen molar-refractivity contribution in [3.05, 3.63) is 57.5 Å². The molecule has 2 aromatic carbocycles. The first-order valence-electron chi connectivity index (χ1n) is 6.55. The smallest absolute Gasteiger partial charge is 0.338 e. The Balaban J connectivity index is 1.90. The SMILES string of the molecule is COc1ccc(NC(=O)COC(=O)c2cccc(Br)c2)cc1Cl. The summed E-state index contributed by atoms with van der Waals surface area (Å²) < 4.78 is 10.7. The molecule has 7 heteroatoms. The fraction of sp³-hybridized carbons (Fsp3) is 0.125. The molecule has 0 saturated heterocycles. The molecule has 120 valence electrons. The van der Waals surface area contributed by atoms with Crippen LogP contribution in [-0.4, -0.2) is 25.6 Å². The van der Waals surface area contributed by atoms with E-state index in [0.29, 0.717) is 22.0 Å². The van der Waals surface area contributed by atoms with Gasteiger partial charge in [0.2, 0.25) is 0 Å². The first-order chi connectivity index (χ1) is 11.0. The highest BCUT2D eigenvalue weighted by atomic mass is 79.9. The highest BCUT2D eigenvalue weighted by molar-refractivity contribution is 9.10. The van der Waals surface area contributed by atoms with E-state index in [1.54, 1.807) is 42.5 Å². The molecule has 0 saturated carbocycles. The number of rotatable bonds is 5. The summed E-state index contributed by atoms with van der Waals surface area (Å²) >= 11 is 9.23. The van der Waals surface area contributed by atoms with Gasteiger partial charge in [-0.3, -0.25) is 4.79 Å². The summed E-state index contributed by atoms with van der Waals surface area (Å²) in [5.41, 5.74) is 0.846. The Morgan fingerprint density at radius 1 is 1.22 bits per heavy atom. The van der Waals surface area contributed by atoms with E-state index >= 15 is 0 Å². The zero-order chi connectivity index (χ0) is 16.8. The van der Waals surface area contributed by atoms with Gasteiger partial charge in [-0.2, -0.15) is 0 Å². The minimum Gasteiger partial charge on any atom is -0.495 e. The number of ether oxygens (including phenoxy) is 2. The average molecular weight is 399 g/mol. The van der Waals surface area contributed by atoms with Crippen LogP contribution in [-0.2, 0) is 9.53 Å². The van der Waals surface area contributed by atoms with Gasteiger partial charge in [-0.1, -0.05) is 33.6 Å². The van der Waals surface area contributed by atoms with Gasteiger partial charge in [-0.05, 0) is 36.4 Å². The van der Waals surface area contributed by atoms with Gasteiger partial charge in [0.1, 0.15) is 5.75 Å². The molecule has 0 heterocycles. The van der Waals surface area contributed by atoms with Crippen LogP contribution in [0.3, 0.4) is 0 Å². The molecule has 0 atom stereocenters. The number of carbonyl (C=O) groups excluding carboxylic acids is 2. The van der Waals surface area contributed by atoms with E-state index in [2.05, 4.69) is 21.2 Å². The number of hydrogen-bond donors (Lipinski definition) is 1. The monoisotopic (exact) mass is 397 g/mol. The predicted octanol–water partition coefficient (Wildman–Crippen LogP) is 3.91. The third-order valence-corrected chi connectivity index (χ3v) is 3.62. The molecule has 0 fully saturated rings. The number of methoxy groups -OCH3 is 1. The lowest BCUT2D eigenvalue weighted by Crippen LogP contribution is -2.20. The Bertz CT molecular complexity index is 736. The van der Waals surface area contributed by atoms with E-state index in [9.17, 15) is 9.59 Å². The number of amides is 1. The van der Waals surface area contributed by atoms with Crippen molar-refractivity contribution in [1.29, 1.82) is 0 Å². The second kappa shape index (κ2) is 7.99. The lowest BCUT2D eigenvalue weighted by Gasteiger charge is -2.08. The summed E-state index contributed by atoms with van der Waals surface area (Å²) in [6.07, 6.45) is 0. The standard InChI is InChI=1S/C16H13BrClNO4/c1-22-14-6-5-12(8-13(14)18)19-15(20)9-23-16(21)10-3-2-4-11(17)7-10/h2-8H,9H2,1H3,(H,19,20). The summed E-state index contributed by atoms with van der Waals surface area (Å²) in [6, 6.07) is 11.5. The van der Waals surface area contributed by atoms with Crippen molar-refractivity contribution in [3.63, 3.8) is 0 Å². The van der Waals surface area contributed by atoms with Gasteiger partial charge in [-0.15, -0.1) is 0 Å². The third kappa shape index (κ3) is 4.97. The maximum atomic E-state index is 11.8. The van der Waals surface area contributed by atoms with Gasteiger partial charge >= 0.3 is 5.97 Å². The maximum Gasteiger partial charge on any atom is 0.338 e. The average Bonchev–Trinajstić information content (AvgIpc) is 2.53. The third-order valence-electron chi connectivity index (χ3n) is 2.83. The number of halogens is 2. The molecule has 2 aromatic rings. The molecule has 0 aromatic heterocycles. The topological polar surface area (TPSA) is 64.6 Å². The van der Waals surface area contributed by atoms with E-state index in [1.807, 2.05) is 0 Å². The van der Waals surface area contributed by atoms with Crippen LogP contribution in [0.4, 0.5) is 5.69 Å². The molecule has 5 nitrogen and oxygen atoms in total. The van der Waals surface area contributed by atoms with E-state index in [0.717, 1.165) is 4.47 Å². The molecular weight excluding hydrogens is 386 g/mol. The number of hydrogen-bond acceptors (Lipinski definition) is 4. The van der Waals surface area contributed by atoms with Crippen LogP contribution in [0.15, 0.2) is 46.9 Å². The Kier molecular flexibility index (Phi) is 6.01. The van der Waals surface area contributed by atoms with Gasteiger partial charge < -0.3 is 14.8 Å². The van der Waals surface area contributed by atoms with Crippen LogP contribution in [0.2, 0.25) is 5.02 Å². The summed E-state index contributed by atoms with van der Waals surface area (Å²) in [5, 5.41) is 2.96. The van der Waals surface area contributed by atoms with Crippen LogP contribution in [0.25, 0.3) is 0 Å². The molecule has 0 spiro atoms. The number of carbonyl (C=O) groups is 2. The number of benzene rings is 2. The van der Waals surface area contributed by atoms with E-state index in [4.69, 9.17) is 21.1 Å². The zero-order valence-electron chi connectivity index (χ0n) is 12.1. The number of nitrogens with one attached hydrogen (secondary N) is 1. The van der Waals surface area contributed by atoms with Crippen LogP contribution in [0.1, 0.15) is 10.4 Å². The molecule has 2 rings (SSSR count). The van der Waals surface area contributed by atoms with Crippen molar-refractivity contribution < 1.29 is 19.1 Å². The quantitative estimate of drug-likeness (QED) is 0.776. The van der Waals surface area contributed by atoms with Gasteiger partial charge in [0.25, 0.3) is 5.91 Å². The molecule has 1 N–H and O–H groups in total. The first-order valence-corrected chi connectivity index (χ1v) is 7.73. The molecule has 23 heavy (non-hydrogen) atoms. The van der Waals surface area contributed by atoms with Gasteiger partial charge in [-0.25, -0.2) is 4.79 Å². The van der Waals surface area contributed by atoms with E-state index < -0.39 is 18.5 Å². The summed E-state index contributed by atoms with van der Waals surface area (Å²) in [7, 11) is 1.50. The van der Waals surface area contributed by atoms with Crippen LogP contribution in [0.5, 0.6) is 5.75 Å². The largest absolute Gasteiger partial charge is 0.495 e. The van der Waals surface area contributed by atoms with Gasteiger partial charge in [0, 0.05) is 10.2 Å². The Morgan fingerprint density at radius 2 is 2.00 bits per heavy atom. The molecule has 0 aliphatic heterocycles. The van der Waals surface area contributed by atoms with Crippen LogP contribution < -0.4 is 10.1 Å². The van der Waals surface area contributed by atoms with Gasteiger partial charge in [0.05, 0.1) is 17.7 Å².